The lowest BCUT2D eigenvalue weighted by Gasteiger charge is -2.30. The fourth-order valence-electron chi connectivity index (χ4n) is 3.78. The lowest BCUT2D eigenvalue weighted by atomic mass is 10.1. The van der Waals surface area contributed by atoms with E-state index < -0.39 is 5.97 Å². The SMILES string of the molecule is Cc1nc(C(=O)N(C2CC2)C2CCc3ccccc32)ccc1C(=O)O. The Labute approximate surface area is 146 Å². The van der Waals surface area contributed by atoms with Crippen LogP contribution in [0.4, 0.5) is 0 Å². The lowest BCUT2D eigenvalue weighted by molar-refractivity contribution is 0.0646. The van der Waals surface area contributed by atoms with E-state index in [1.165, 1.54) is 23.3 Å². The summed E-state index contributed by atoms with van der Waals surface area (Å²) in [6.45, 7) is 1.63. The zero-order valence-corrected chi connectivity index (χ0v) is 14.1. The molecule has 0 aliphatic heterocycles. The van der Waals surface area contributed by atoms with Crippen LogP contribution in [0.1, 0.15) is 63.0 Å². The number of amides is 1. The molecule has 0 saturated heterocycles. The average Bonchev–Trinajstić information content (AvgIpc) is 3.34. The second-order valence-corrected chi connectivity index (χ2v) is 6.83. The van der Waals surface area contributed by atoms with E-state index in [2.05, 4.69) is 17.1 Å². The number of aryl methyl sites for hydroxylation is 2. The summed E-state index contributed by atoms with van der Waals surface area (Å²) in [5.41, 5.74) is 3.40. The number of carboxylic acids is 1. The van der Waals surface area contributed by atoms with Crippen LogP contribution in [0.2, 0.25) is 0 Å². The Kier molecular flexibility index (Phi) is 3.79. The second-order valence-electron chi connectivity index (χ2n) is 6.83. The lowest BCUT2D eigenvalue weighted by Crippen LogP contribution is -2.36. The normalized spacial score (nSPS) is 18.7. The van der Waals surface area contributed by atoms with Gasteiger partial charge in [-0.15, -0.1) is 0 Å². The maximum Gasteiger partial charge on any atom is 0.337 e. The highest BCUT2D eigenvalue weighted by Gasteiger charge is 2.41. The zero-order valence-electron chi connectivity index (χ0n) is 14.1. The third-order valence-corrected chi connectivity index (χ3v) is 5.15. The van der Waals surface area contributed by atoms with Gasteiger partial charge in [0, 0.05) is 6.04 Å². The predicted molar refractivity (Wildman–Crippen MR) is 92.6 cm³/mol. The topological polar surface area (TPSA) is 70.5 Å². The van der Waals surface area contributed by atoms with Gasteiger partial charge in [-0.05, 0) is 55.9 Å². The Morgan fingerprint density at radius 1 is 1.12 bits per heavy atom. The van der Waals surface area contributed by atoms with Crippen molar-refractivity contribution in [2.24, 2.45) is 0 Å². The highest BCUT2D eigenvalue weighted by Crippen LogP contribution is 2.42. The zero-order chi connectivity index (χ0) is 17.6. The summed E-state index contributed by atoms with van der Waals surface area (Å²) in [7, 11) is 0. The Bertz CT molecular complexity index is 858. The van der Waals surface area contributed by atoms with Gasteiger partial charge in [-0.3, -0.25) is 4.79 Å². The number of benzene rings is 1. The number of hydrogen-bond acceptors (Lipinski definition) is 3. The standard InChI is InChI=1S/C20H20N2O3/c1-12-15(20(24)25)9-10-17(21-12)19(23)22(14-7-8-14)18-11-6-13-4-2-3-5-16(13)18/h2-5,9-10,14,18H,6-8,11H2,1H3,(H,24,25). The maximum absolute atomic E-state index is 13.2. The van der Waals surface area contributed by atoms with Crippen LogP contribution in [0, 0.1) is 6.92 Å². The van der Waals surface area contributed by atoms with E-state index in [0.29, 0.717) is 11.4 Å². The van der Waals surface area contributed by atoms with Crippen LogP contribution in [-0.2, 0) is 6.42 Å². The number of pyridine rings is 1. The number of fused-ring (bicyclic) bond motifs is 1. The second kappa shape index (κ2) is 5.99. The van der Waals surface area contributed by atoms with Gasteiger partial charge < -0.3 is 10.0 Å². The average molecular weight is 336 g/mol. The first-order chi connectivity index (χ1) is 12.1. The molecule has 1 unspecified atom stereocenters. The summed E-state index contributed by atoms with van der Waals surface area (Å²) < 4.78 is 0. The Morgan fingerprint density at radius 3 is 2.56 bits per heavy atom. The summed E-state index contributed by atoms with van der Waals surface area (Å²) in [5, 5.41) is 9.15. The van der Waals surface area contributed by atoms with Crippen molar-refractivity contribution in [3.05, 3.63) is 64.5 Å². The van der Waals surface area contributed by atoms with Crippen LogP contribution in [0.3, 0.4) is 0 Å². The van der Waals surface area contributed by atoms with Crippen LogP contribution in [0.5, 0.6) is 0 Å². The highest BCUT2D eigenvalue weighted by atomic mass is 16.4. The van der Waals surface area contributed by atoms with E-state index >= 15 is 0 Å². The van der Waals surface area contributed by atoms with E-state index in [1.54, 1.807) is 6.92 Å². The first-order valence-corrected chi connectivity index (χ1v) is 8.67. The van der Waals surface area contributed by atoms with Crippen molar-refractivity contribution in [2.75, 3.05) is 0 Å². The van der Waals surface area contributed by atoms with Crippen molar-refractivity contribution in [1.82, 2.24) is 9.88 Å². The number of nitrogens with zero attached hydrogens (tertiary/aromatic N) is 2. The molecule has 1 fully saturated rings. The molecule has 5 nitrogen and oxygen atoms in total. The third kappa shape index (κ3) is 2.80. The summed E-state index contributed by atoms with van der Waals surface area (Å²) >= 11 is 0. The van der Waals surface area contributed by atoms with Crippen LogP contribution in [0.15, 0.2) is 36.4 Å². The molecule has 1 heterocycles. The summed E-state index contributed by atoms with van der Waals surface area (Å²) in [6, 6.07) is 11.7. The first-order valence-electron chi connectivity index (χ1n) is 8.67. The van der Waals surface area contributed by atoms with Crippen LogP contribution in [0.25, 0.3) is 0 Å². The van der Waals surface area contributed by atoms with Gasteiger partial charge in [0.15, 0.2) is 0 Å². The summed E-state index contributed by atoms with van der Waals surface area (Å²) in [6.07, 6.45) is 3.97. The molecule has 128 valence electrons. The molecule has 0 bridgehead atoms. The molecule has 2 aromatic rings. The molecule has 0 radical (unpaired) electrons. The molecule has 1 aromatic heterocycles. The number of aromatic nitrogens is 1. The molecule has 0 spiro atoms. The van der Waals surface area contributed by atoms with E-state index in [9.17, 15) is 9.59 Å². The number of hydrogen-bond donors (Lipinski definition) is 1. The minimum Gasteiger partial charge on any atom is -0.478 e. The van der Waals surface area contributed by atoms with Gasteiger partial charge in [0.1, 0.15) is 5.69 Å². The number of rotatable bonds is 4. The molecule has 2 aliphatic carbocycles. The van der Waals surface area contributed by atoms with Crippen molar-refractivity contribution in [1.29, 1.82) is 0 Å². The molecule has 1 amide bonds. The molecular weight excluding hydrogens is 316 g/mol. The van der Waals surface area contributed by atoms with Crippen LogP contribution >= 0.6 is 0 Å². The fraction of sp³-hybridized carbons (Fsp3) is 0.350. The number of aromatic carboxylic acids is 1. The smallest absolute Gasteiger partial charge is 0.337 e. The van der Waals surface area contributed by atoms with Gasteiger partial charge in [0.25, 0.3) is 5.91 Å². The van der Waals surface area contributed by atoms with Gasteiger partial charge in [0.2, 0.25) is 0 Å². The summed E-state index contributed by atoms with van der Waals surface area (Å²) in [4.78, 5) is 30.6. The van der Waals surface area contributed by atoms with Crippen molar-refractivity contribution in [2.45, 2.75) is 44.7 Å². The van der Waals surface area contributed by atoms with E-state index in [-0.39, 0.29) is 23.6 Å². The minimum absolute atomic E-state index is 0.0933. The molecular formula is C20H20N2O3. The van der Waals surface area contributed by atoms with Gasteiger partial charge >= 0.3 is 5.97 Å². The van der Waals surface area contributed by atoms with Gasteiger partial charge in [-0.25, -0.2) is 9.78 Å². The molecule has 1 atom stereocenters. The molecule has 2 aliphatic rings. The van der Waals surface area contributed by atoms with Crippen molar-refractivity contribution in [3.63, 3.8) is 0 Å². The molecule has 1 aromatic carbocycles. The Morgan fingerprint density at radius 2 is 1.88 bits per heavy atom. The first kappa shape index (κ1) is 15.8. The van der Waals surface area contributed by atoms with Gasteiger partial charge in [-0.2, -0.15) is 0 Å². The largest absolute Gasteiger partial charge is 0.478 e. The van der Waals surface area contributed by atoms with E-state index in [1.807, 2.05) is 17.0 Å². The number of carbonyl (C=O) groups is 2. The number of carbonyl (C=O) groups excluding carboxylic acids is 1. The van der Waals surface area contributed by atoms with E-state index in [4.69, 9.17) is 5.11 Å². The third-order valence-electron chi connectivity index (χ3n) is 5.15. The highest BCUT2D eigenvalue weighted by molar-refractivity contribution is 5.95. The maximum atomic E-state index is 13.2. The molecule has 1 N–H and O–H groups in total. The molecule has 1 saturated carbocycles. The molecule has 4 rings (SSSR count). The number of carboxylic acid groups (broad SMARTS) is 1. The van der Waals surface area contributed by atoms with Crippen molar-refractivity contribution >= 4 is 11.9 Å². The fourth-order valence-corrected chi connectivity index (χ4v) is 3.78. The van der Waals surface area contributed by atoms with Crippen molar-refractivity contribution in [3.8, 4) is 0 Å². The van der Waals surface area contributed by atoms with Gasteiger partial charge in [-0.1, -0.05) is 24.3 Å². The summed E-state index contributed by atoms with van der Waals surface area (Å²) in [5.74, 6) is -1.11. The van der Waals surface area contributed by atoms with Crippen LogP contribution in [-0.4, -0.2) is 32.9 Å². The van der Waals surface area contributed by atoms with E-state index in [0.717, 1.165) is 25.7 Å². The molecule has 5 heteroatoms. The quantitative estimate of drug-likeness (QED) is 0.929. The Hall–Kier alpha value is -2.69. The monoisotopic (exact) mass is 336 g/mol. The van der Waals surface area contributed by atoms with Crippen LogP contribution < -0.4 is 0 Å². The van der Waals surface area contributed by atoms with Gasteiger partial charge in [0.05, 0.1) is 17.3 Å². The van der Waals surface area contributed by atoms with Crippen molar-refractivity contribution < 1.29 is 14.7 Å². The predicted octanol–water partition coefficient (Wildman–Crippen LogP) is 3.38. The molecule has 25 heavy (non-hydrogen) atoms. The minimum atomic E-state index is -1.02. The Balaban J connectivity index is 1.67.